The molecule has 0 heterocycles. The van der Waals surface area contributed by atoms with Crippen molar-refractivity contribution < 1.29 is 0 Å². The van der Waals surface area contributed by atoms with Crippen LogP contribution in [0.25, 0.3) is 0 Å². The highest BCUT2D eigenvalue weighted by Gasteiger charge is 2.29. The van der Waals surface area contributed by atoms with Crippen LogP contribution < -0.4 is 5.73 Å². The van der Waals surface area contributed by atoms with Crippen LogP contribution in [0.4, 0.5) is 0 Å². The van der Waals surface area contributed by atoms with Crippen molar-refractivity contribution >= 4 is 0 Å². The summed E-state index contributed by atoms with van der Waals surface area (Å²) in [6.07, 6.45) is 17.1. The van der Waals surface area contributed by atoms with Gasteiger partial charge in [-0.25, -0.2) is 0 Å². The molecule has 0 radical (unpaired) electrons. The zero-order chi connectivity index (χ0) is 18.4. The molecule has 1 rings (SSSR count). The van der Waals surface area contributed by atoms with Crippen LogP contribution in [-0.4, -0.2) is 5.54 Å². The lowest BCUT2D eigenvalue weighted by Crippen LogP contribution is -2.45. The third-order valence-electron chi connectivity index (χ3n) is 5.73. The van der Waals surface area contributed by atoms with E-state index in [1.807, 2.05) is 0 Å². The molecular weight excluding hydrogens is 302 g/mol. The third kappa shape index (κ3) is 10.0. The number of unbranched alkanes of at least 4 members (excludes halogenated alkanes) is 8. The summed E-state index contributed by atoms with van der Waals surface area (Å²) in [6.45, 7) is 6.87. The summed E-state index contributed by atoms with van der Waals surface area (Å²) in [7, 11) is 0. The first kappa shape index (κ1) is 22.2. The van der Waals surface area contributed by atoms with Gasteiger partial charge in [-0.15, -0.1) is 0 Å². The maximum atomic E-state index is 6.85. The Hall–Kier alpha value is -0.820. The van der Waals surface area contributed by atoms with E-state index in [0.717, 1.165) is 6.42 Å². The van der Waals surface area contributed by atoms with Crippen LogP contribution in [0.2, 0.25) is 0 Å². The van der Waals surface area contributed by atoms with E-state index in [2.05, 4.69) is 51.1 Å². The summed E-state index contributed by atoms with van der Waals surface area (Å²) in [5.41, 5.74) is 8.27. The van der Waals surface area contributed by atoms with Crippen LogP contribution in [0.15, 0.2) is 30.3 Å². The zero-order valence-electron chi connectivity index (χ0n) is 17.2. The van der Waals surface area contributed by atoms with Crippen LogP contribution in [0.1, 0.15) is 103 Å². The highest BCUT2D eigenvalue weighted by molar-refractivity contribution is 5.16. The zero-order valence-corrected chi connectivity index (χ0v) is 17.2. The minimum atomic E-state index is -0.0347. The van der Waals surface area contributed by atoms with Crippen molar-refractivity contribution in [3.63, 3.8) is 0 Å². The van der Waals surface area contributed by atoms with Crippen molar-refractivity contribution in [2.75, 3.05) is 0 Å². The molecule has 144 valence electrons. The molecule has 0 aromatic heterocycles. The van der Waals surface area contributed by atoms with Gasteiger partial charge < -0.3 is 5.73 Å². The second-order valence-electron chi connectivity index (χ2n) is 8.26. The average Bonchev–Trinajstić information content (AvgIpc) is 2.61. The molecule has 1 aromatic carbocycles. The molecule has 2 atom stereocenters. The smallest absolute Gasteiger partial charge is 0.0157 e. The summed E-state index contributed by atoms with van der Waals surface area (Å²) in [4.78, 5) is 0. The van der Waals surface area contributed by atoms with Crippen molar-refractivity contribution in [1.82, 2.24) is 0 Å². The third-order valence-corrected chi connectivity index (χ3v) is 5.73. The molecule has 1 nitrogen and oxygen atoms in total. The predicted molar refractivity (Wildman–Crippen MR) is 113 cm³/mol. The van der Waals surface area contributed by atoms with Crippen LogP contribution in [0, 0.1) is 5.92 Å². The normalized spacial score (nSPS) is 15.0. The molecule has 1 aromatic rings. The Morgan fingerprint density at radius 1 is 0.800 bits per heavy atom. The lowest BCUT2D eigenvalue weighted by Gasteiger charge is -2.35. The van der Waals surface area contributed by atoms with Gasteiger partial charge in [-0.05, 0) is 37.7 Å². The van der Waals surface area contributed by atoms with Crippen molar-refractivity contribution in [1.29, 1.82) is 0 Å². The second kappa shape index (κ2) is 13.4. The maximum Gasteiger partial charge on any atom is 0.0157 e. The van der Waals surface area contributed by atoms with E-state index in [0.29, 0.717) is 5.92 Å². The standard InChI is InChI=1S/C24H43N/c1-4-6-8-10-11-15-19-23(21-22-17-13-12-14-18-22)24(3,25)20-16-9-7-5-2/h12-14,17-18,23H,4-11,15-16,19-21,25H2,1-3H3. The summed E-state index contributed by atoms with van der Waals surface area (Å²) in [5.74, 6) is 0.600. The Morgan fingerprint density at radius 2 is 1.36 bits per heavy atom. The quantitative estimate of drug-likeness (QED) is 0.332. The van der Waals surface area contributed by atoms with Gasteiger partial charge in [0.2, 0.25) is 0 Å². The fraction of sp³-hybridized carbons (Fsp3) is 0.750. The number of hydrogen-bond acceptors (Lipinski definition) is 1. The molecule has 0 spiro atoms. The van der Waals surface area contributed by atoms with Crippen molar-refractivity contribution in [2.24, 2.45) is 11.7 Å². The lowest BCUT2D eigenvalue weighted by molar-refractivity contribution is 0.245. The highest BCUT2D eigenvalue weighted by Crippen LogP contribution is 2.30. The molecule has 0 saturated carbocycles. The molecule has 0 fully saturated rings. The number of rotatable bonds is 15. The Bertz CT molecular complexity index is 409. The van der Waals surface area contributed by atoms with E-state index in [9.17, 15) is 0 Å². The second-order valence-corrected chi connectivity index (χ2v) is 8.26. The van der Waals surface area contributed by atoms with Gasteiger partial charge in [0.15, 0.2) is 0 Å². The minimum Gasteiger partial charge on any atom is -0.325 e. The molecule has 0 saturated heterocycles. The largest absolute Gasteiger partial charge is 0.325 e. The fourth-order valence-electron chi connectivity index (χ4n) is 3.87. The monoisotopic (exact) mass is 345 g/mol. The van der Waals surface area contributed by atoms with Crippen LogP contribution in [-0.2, 0) is 6.42 Å². The summed E-state index contributed by atoms with van der Waals surface area (Å²) in [5, 5.41) is 0. The minimum absolute atomic E-state index is 0.0347. The van der Waals surface area contributed by atoms with E-state index in [-0.39, 0.29) is 5.54 Å². The predicted octanol–water partition coefficient (Wildman–Crippen LogP) is 7.28. The SMILES string of the molecule is CCCCCCCCC(Cc1ccccc1)C(C)(N)CCCCCC. The lowest BCUT2D eigenvalue weighted by atomic mass is 9.76. The number of benzene rings is 1. The molecule has 1 heteroatoms. The van der Waals surface area contributed by atoms with Crippen LogP contribution in [0.5, 0.6) is 0 Å². The van der Waals surface area contributed by atoms with Gasteiger partial charge in [-0.3, -0.25) is 0 Å². The number of nitrogens with two attached hydrogens (primary N) is 1. The van der Waals surface area contributed by atoms with E-state index >= 15 is 0 Å². The maximum absolute atomic E-state index is 6.85. The van der Waals surface area contributed by atoms with Gasteiger partial charge in [-0.1, -0.05) is 108 Å². The average molecular weight is 346 g/mol. The Morgan fingerprint density at radius 3 is 2.00 bits per heavy atom. The molecule has 0 amide bonds. The first-order valence-electron chi connectivity index (χ1n) is 10.9. The van der Waals surface area contributed by atoms with Gasteiger partial charge in [-0.2, -0.15) is 0 Å². The van der Waals surface area contributed by atoms with Crippen molar-refractivity contribution in [3.05, 3.63) is 35.9 Å². The molecule has 0 bridgehead atoms. The summed E-state index contributed by atoms with van der Waals surface area (Å²) in [6, 6.07) is 11.0. The molecule has 2 N–H and O–H groups in total. The number of hydrogen-bond donors (Lipinski definition) is 1. The molecule has 0 aliphatic carbocycles. The summed E-state index contributed by atoms with van der Waals surface area (Å²) < 4.78 is 0. The van der Waals surface area contributed by atoms with Gasteiger partial charge in [0.05, 0.1) is 0 Å². The Balaban J connectivity index is 2.53. The Labute approximate surface area is 157 Å². The van der Waals surface area contributed by atoms with E-state index in [4.69, 9.17) is 5.73 Å². The van der Waals surface area contributed by atoms with Gasteiger partial charge >= 0.3 is 0 Å². The molecule has 2 unspecified atom stereocenters. The summed E-state index contributed by atoms with van der Waals surface area (Å²) >= 11 is 0. The van der Waals surface area contributed by atoms with Crippen molar-refractivity contribution in [2.45, 2.75) is 110 Å². The van der Waals surface area contributed by atoms with E-state index in [1.165, 1.54) is 82.6 Å². The van der Waals surface area contributed by atoms with Gasteiger partial charge in [0.1, 0.15) is 0 Å². The molecule has 0 aliphatic rings. The first-order chi connectivity index (χ1) is 12.1. The topological polar surface area (TPSA) is 26.0 Å². The first-order valence-corrected chi connectivity index (χ1v) is 10.9. The fourth-order valence-corrected chi connectivity index (χ4v) is 3.87. The van der Waals surface area contributed by atoms with Crippen molar-refractivity contribution in [3.8, 4) is 0 Å². The molecule has 25 heavy (non-hydrogen) atoms. The molecular formula is C24H43N. The van der Waals surface area contributed by atoms with E-state index < -0.39 is 0 Å². The van der Waals surface area contributed by atoms with Gasteiger partial charge in [0.25, 0.3) is 0 Å². The van der Waals surface area contributed by atoms with E-state index in [1.54, 1.807) is 0 Å². The molecule has 0 aliphatic heterocycles. The van der Waals surface area contributed by atoms with Crippen LogP contribution in [0.3, 0.4) is 0 Å². The van der Waals surface area contributed by atoms with Crippen LogP contribution >= 0.6 is 0 Å². The van der Waals surface area contributed by atoms with Gasteiger partial charge in [0, 0.05) is 5.54 Å². The highest BCUT2D eigenvalue weighted by atomic mass is 14.7. The Kier molecular flexibility index (Phi) is 11.9.